The monoisotopic (exact) mass is 428 g/mol. The highest BCUT2D eigenvalue weighted by Gasteiger charge is 2.41. The number of rotatable bonds is 5. The summed E-state index contributed by atoms with van der Waals surface area (Å²) in [5.41, 5.74) is 1.13. The molecule has 6 nitrogen and oxygen atoms in total. The molecule has 7 heteroatoms. The van der Waals surface area contributed by atoms with Gasteiger partial charge in [-0.1, -0.05) is 0 Å². The van der Waals surface area contributed by atoms with E-state index >= 15 is 0 Å². The fourth-order valence-electron chi connectivity index (χ4n) is 5.31. The molecule has 1 aromatic heterocycles. The number of fused-ring (bicyclic) bond motifs is 3. The lowest BCUT2D eigenvalue weighted by Gasteiger charge is -2.39. The molecular weight excluding hydrogens is 395 g/mol. The third kappa shape index (κ3) is 4.76. The number of carbonyl (C=O) groups is 2. The normalized spacial score (nSPS) is 23.8. The standard InChI is InChI=1S/C24H33FN4O2/c1-24(2,3)27-22(30)14-29-17-6-7-18(29)10-15(9-17)12-26-23(31)20-13-28(4)21-8-5-16(25)11-19(20)21/h5,8,11,13,15,17-18H,6-7,9-10,12,14H2,1-4H3,(H,26,31)(H,27,30)/t15?,17-,18?/m1/s1. The zero-order chi connectivity index (χ0) is 22.3. The van der Waals surface area contributed by atoms with Crippen LogP contribution in [0.3, 0.4) is 0 Å². The fourth-order valence-corrected chi connectivity index (χ4v) is 5.31. The second-order valence-corrected chi connectivity index (χ2v) is 10.2. The summed E-state index contributed by atoms with van der Waals surface area (Å²) in [6.07, 6.45) is 5.97. The highest BCUT2D eigenvalue weighted by molar-refractivity contribution is 6.07. The Morgan fingerprint density at radius 1 is 1.16 bits per heavy atom. The first-order chi connectivity index (χ1) is 14.6. The van der Waals surface area contributed by atoms with Crippen LogP contribution in [0, 0.1) is 11.7 Å². The number of benzene rings is 1. The largest absolute Gasteiger partial charge is 0.352 e. The van der Waals surface area contributed by atoms with Gasteiger partial charge in [-0.05, 0) is 70.6 Å². The number of hydrogen-bond donors (Lipinski definition) is 2. The molecule has 2 aromatic rings. The maximum absolute atomic E-state index is 13.7. The minimum Gasteiger partial charge on any atom is -0.352 e. The Bertz CT molecular complexity index is 979. The quantitative estimate of drug-likeness (QED) is 0.769. The van der Waals surface area contributed by atoms with Crippen LogP contribution in [0.1, 0.15) is 56.8 Å². The van der Waals surface area contributed by atoms with Gasteiger partial charge in [0.15, 0.2) is 0 Å². The van der Waals surface area contributed by atoms with E-state index in [0.717, 1.165) is 31.2 Å². The lowest BCUT2D eigenvalue weighted by molar-refractivity contribution is -0.125. The molecule has 0 aliphatic carbocycles. The number of halogens is 1. The van der Waals surface area contributed by atoms with E-state index in [1.807, 2.05) is 32.4 Å². The van der Waals surface area contributed by atoms with Gasteiger partial charge in [0.1, 0.15) is 5.82 Å². The summed E-state index contributed by atoms with van der Waals surface area (Å²) in [6.45, 7) is 7.06. The van der Waals surface area contributed by atoms with Gasteiger partial charge in [-0.25, -0.2) is 4.39 Å². The second kappa shape index (κ2) is 8.26. The number of amides is 2. The van der Waals surface area contributed by atoms with E-state index in [0.29, 0.717) is 42.0 Å². The Balaban J connectivity index is 1.35. The maximum atomic E-state index is 13.7. The van der Waals surface area contributed by atoms with Gasteiger partial charge < -0.3 is 15.2 Å². The lowest BCUT2D eigenvalue weighted by Crippen LogP contribution is -2.52. The van der Waals surface area contributed by atoms with Crippen LogP contribution in [0.5, 0.6) is 0 Å². The molecule has 1 aromatic carbocycles. The number of aryl methyl sites for hydroxylation is 1. The van der Waals surface area contributed by atoms with Crippen molar-refractivity contribution in [2.24, 2.45) is 13.0 Å². The van der Waals surface area contributed by atoms with Crippen molar-refractivity contribution in [1.82, 2.24) is 20.1 Å². The second-order valence-electron chi connectivity index (χ2n) is 10.2. The van der Waals surface area contributed by atoms with E-state index in [-0.39, 0.29) is 23.2 Å². The summed E-state index contributed by atoms with van der Waals surface area (Å²) in [5.74, 6) is -0.0165. The van der Waals surface area contributed by atoms with Gasteiger partial charge in [-0.2, -0.15) is 0 Å². The molecule has 168 valence electrons. The number of piperidine rings is 1. The number of carbonyl (C=O) groups excluding carboxylic acids is 2. The van der Waals surface area contributed by atoms with Gasteiger partial charge in [0.2, 0.25) is 5.91 Å². The molecular formula is C24H33FN4O2. The first kappa shape index (κ1) is 21.8. The zero-order valence-electron chi connectivity index (χ0n) is 18.9. The highest BCUT2D eigenvalue weighted by Crippen LogP contribution is 2.38. The molecule has 2 bridgehead atoms. The fraction of sp³-hybridized carbons (Fsp3) is 0.583. The van der Waals surface area contributed by atoms with Crippen LogP contribution >= 0.6 is 0 Å². The topological polar surface area (TPSA) is 66.4 Å². The third-order valence-electron chi connectivity index (χ3n) is 6.57. The highest BCUT2D eigenvalue weighted by atomic mass is 19.1. The number of nitrogens with one attached hydrogen (secondary N) is 2. The van der Waals surface area contributed by atoms with Gasteiger partial charge in [0.25, 0.3) is 5.91 Å². The van der Waals surface area contributed by atoms with Crippen molar-refractivity contribution < 1.29 is 14.0 Å². The molecule has 0 saturated carbocycles. The third-order valence-corrected chi connectivity index (χ3v) is 6.57. The zero-order valence-corrected chi connectivity index (χ0v) is 18.9. The minimum absolute atomic E-state index is 0.0827. The summed E-state index contributed by atoms with van der Waals surface area (Å²) >= 11 is 0. The molecule has 0 radical (unpaired) electrons. The SMILES string of the molecule is Cn1cc(C(=O)NCC2CC3CC[C@H](C2)N3CC(=O)NC(C)(C)C)c2cc(F)ccc21. The molecule has 3 heterocycles. The summed E-state index contributed by atoms with van der Waals surface area (Å²) in [6, 6.07) is 5.34. The molecule has 2 saturated heterocycles. The molecule has 2 N–H and O–H groups in total. The first-order valence-corrected chi connectivity index (χ1v) is 11.2. The van der Waals surface area contributed by atoms with Crippen LogP contribution in [-0.4, -0.2) is 52.0 Å². The van der Waals surface area contributed by atoms with E-state index < -0.39 is 0 Å². The molecule has 2 fully saturated rings. The van der Waals surface area contributed by atoms with E-state index in [4.69, 9.17) is 0 Å². The molecule has 2 amide bonds. The van der Waals surface area contributed by atoms with Gasteiger partial charge >= 0.3 is 0 Å². The van der Waals surface area contributed by atoms with E-state index in [2.05, 4.69) is 15.5 Å². The Kier molecular flexibility index (Phi) is 5.81. The predicted octanol–water partition coefficient (Wildman–Crippen LogP) is 3.20. The Labute approximate surface area is 183 Å². The van der Waals surface area contributed by atoms with E-state index in [1.165, 1.54) is 12.1 Å². The van der Waals surface area contributed by atoms with Crippen molar-refractivity contribution >= 4 is 22.7 Å². The summed E-state index contributed by atoms with van der Waals surface area (Å²) < 4.78 is 15.6. The van der Waals surface area contributed by atoms with E-state index in [1.54, 1.807) is 12.3 Å². The minimum atomic E-state index is -0.341. The molecule has 0 spiro atoms. The number of hydrogen-bond acceptors (Lipinski definition) is 3. The Morgan fingerprint density at radius 2 is 1.84 bits per heavy atom. The lowest BCUT2D eigenvalue weighted by atomic mass is 9.90. The summed E-state index contributed by atoms with van der Waals surface area (Å²) in [5, 5.41) is 6.77. The van der Waals surface area contributed by atoms with Crippen molar-refractivity contribution in [3.63, 3.8) is 0 Å². The van der Waals surface area contributed by atoms with Crippen LogP contribution in [0.15, 0.2) is 24.4 Å². The average Bonchev–Trinajstić information content (AvgIpc) is 3.10. The van der Waals surface area contributed by atoms with Crippen LogP contribution < -0.4 is 10.6 Å². The molecule has 4 rings (SSSR count). The predicted molar refractivity (Wildman–Crippen MR) is 119 cm³/mol. The maximum Gasteiger partial charge on any atom is 0.253 e. The molecule has 2 unspecified atom stereocenters. The number of nitrogens with zero attached hydrogens (tertiary/aromatic N) is 2. The van der Waals surface area contributed by atoms with Gasteiger partial charge in [0, 0.05) is 48.3 Å². The van der Waals surface area contributed by atoms with Crippen molar-refractivity contribution in [1.29, 1.82) is 0 Å². The first-order valence-electron chi connectivity index (χ1n) is 11.2. The van der Waals surface area contributed by atoms with Crippen molar-refractivity contribution in [3.8, 4) is 0 Å². The van der Waals surface area contributed by atoms with Crippen molar-refractivity contribution in [3.05, 3.63) is 35.8 Å². The molecule has 31 heavy (non-hydrogen) atoms. The van der Waals surface area contributed by atoms with Crippen molar-refractivity contribution in [2.75, 3.05) is 13.1 Å². The van der Waals surface area contributed by atoms with Crippen LogP contribution in [0.25, 0.3) is 10.9 Å². The van der Waals surface area contributed by atoms with Gasteiger partial charge in [0.05, 0.1) is 12.1 Å². The van der Waals surface area contributed by atoms with Crippen LogP contribution in [0.2, 0.25) is 0 Å². The summed E-state index contributed by atoms with van der Waals surface area (Å²) in [7, 11) is 1.86. The van der Waals surface area contributed by atoms with Gasteiger partial charge in [-0.15, -0.1) is 0 Å². The van der Waals surface area contributed by atoms with Crippen molar-refractivity contribution in [2.45, 2.75) is 64.1 Å². The Hall–Kier alpha value is -2.41. The van der Waals surface area contributed by atoms with Gasteiger partial charge in [-0.3, -0.25) is 14.5 Å². The molecule has 3 atom stereocenters. The summed E-state index contributed by atoms with van der Waals surface area (Å²) in [4.78, 5) is 27.6. The van der Waals surface area contributed by atoms with Crippen LogP contribution in [-0.2, 0) is 11.8 Å². The average molecular weight is 429 g/mol. The molecule has 2 aliphatic rings. The molecule has 2 aliphatic heterocycles. The smallest absolute Gasteiger partial charge is 0.253 e. The number of aromatic nitrogens is 1. The van der Waals surface area contributed by atoms with E-state index in [9.17, 15) is 14.0 Å². The van der Waals surface area contributed by atoms with Crippen LogP contribution in [0.4, 0.5) is 4.39 Å². The Morgan fingerprint density at radius 3 is 2.48 bits per heavy atom.